The molecule has 2 aromatic carbocycles. The number of halogens is 1. The van der Waals surface area contributed by atoms with Gasteiger partial charge < -0.3 is 38.4 Å². The Balaban J connectivity index is 1.62. The summed E-state index contributed by atoms with van der Waals surface area (Å²) in [6.07, 6.45) is 1.23. The third-order valence-electron chi connectivity index (χ3n) is 8.57. The molecule has 250 valence electrons. The van der Waals surface area contributed by atoms with E-state index in [0.717, 1.165) is 32.7 Å². The van der Waals surface area contributed by atoms with Crippen molar-refractivity contribution in [2.75, 3.05) is 80.9 Å². The van der Waals surface area contributed by atoms with Crippen molar-refractivity contribution in [3.8, 4) is 17.2 Å². The van der Waals surface area contributed by atoms with E-state index in [1.807, 2.05) is 24.8 Å². The molecule has 1 unspecified atom stereocenters. The first kappa shape index (κ1) is 34.8. The van der Waals surface area contributed by atoms with E-state index in [4.69, 9.17) is 23.7 Å². The molecule has 0 aliphatic carbocycles. The van der Waals surface area contributed by atoms with Crippen molar-refractivity contribution in [1.29, 1.82) is 0 Å². The lowest BCUT2D eigenvalue weighted by molar-refractivity contribution is -0.139. The molecule has 11 heteroatoms. The molecule has 1 fully saturated rings. The highest BCUT2D eigenvalue weighted by atomic mass is 19.1. The number of hydrogen-bond donors (Lipinski definition) is 0. The number of hydrogen-bond acceptors (Lipinski definition) is 10. The van der Waals surface area contributed by atoms with Gasteiger partial charge in [0.25, 0.3) is 0 Å². The fraction of sp³-hybridized carbons (Fsp3) is 0.486. The lowest BCUT2D eigenvalue weighted by Gasteiger charge is -2.38. The van der Waals surface area contributed by atoms with Crippen LogP contribution in [0.3, 0.4) is 0 Å². The van der Waals surface area contributed by atoms with Gasteiger partial charge in [0.2, 0.25) is 0 Å². The summed E-state index contributed by atoms with van der Waals surface area (Å²) in [6.45, 7) is 9.54. The number of esters is 2. The van der Waals surface area contributed by atoms with Gasteiger partial charge in [0.1, 0.15) is 11.6 Å². The Morgan fingerprint density at radius 2 is 1.50 bits per heavy atom. The lowest BCUT2D eigenvalue weighted by Crippen LogP contribution is -2.44. The number of benzene rings is 2. The minimum atomic E-state index is -0.766. The molecule has 0 aromatic heterocycles. The predicted molar refractivity (Wildman–Crippen MR) is 172 cm³/mol. The molecule has 0 radical (unpaired) electrons. The minimum Gasteiger partial charge on any atom is -0.493 e. The summed E-state index contributed by atoms with van der Waals surface area (Å²) in [6, 6.07) is 11.3. The number of nitrogens with zero attached hydrogens (tertiary/aromatic N) is 3. The van der Waals surface area contributed by atoms with Crippen LogP contribution in [-0.4, -0.2) is 107 Å². The zero-order chi connectivity index (χ0) is 33.2. The van der Waals surface area contributed by atoms with Crippen LogP contribution in [0.5, 0.6) is 17.2 Å². The van der Waals surface area contributed by atoms with Gasteiger partial charge in [0.15, 0.2) is 11.5 Å². The van der Waals surface area contributed by atoms with Gasteiger partial charge in [-0.15, -0.1) is 0 Å². The second-order valence-corrected chi connectivity index (χ2v) is 11.5. The van der Waals surface area contributed by atoms with Gasteiger partial charge in [-0.3, -0.25) is 0 Å². The van der Waals surface area contributed by atoms with Crippen LogP contribution in [0.4, 0.5) is 4.39 Å². The molecule has 0 N–H and O–H groups in total. The van der Waals surface area contributed by atoms with E-state index < -0.39 is 17.9 Å². The second kappa shape index (κ2) is 16.5. The van der Waals surface area contributed by atoms with Gasteiger partial charge in [0, 0.05) is 56.7 Å². The lowest BCUT2D eigenvalue weighted by atomic mass is 9.79. The Labute approximate surface area is 271 Å². The molecular weight excluding hydrogens is 593 g/mol. The first-order valence-corrected chi connectivity index (χ1v) is 15.6. The molecule has 0 saturated carbocycles. The molecule has 2 aromatic rings. The van der Waals surface area contributed by atoms with Crippen LogP contribution in [-0.2, 0) is 19.1 Å². The fourth-order valence-corrected chi connectivity index (χ4v) is 6.02. The standard InChI is InChI=1S/C35H46FN3O7/c1-24-31(34(40)44-6)33(26-12-13-29(42-4)30(22-26)43-5)32(35(41)46-21-8-14-38-18-16-37(3)17-19-38)25(2)39(24)15-9-20-45-28-11-7-10-27(36)23-28/h7,10-13,22-23,33H,8-9,14-21H2,1-6H3. The highest BCUT2D eigenvalue weighted by molar-refractivity contribution is 6.00. The topological polar surface area (TPSA) is 90.0 Å². The second-order valence-electron chi connectivity index (χ2n) is 11.5. The van der Waals surface area contributed by atoms with Crippen LogP contribution in [0, 0.1) is 5.82 Å². The molecule has 1 atom stereocenters. The van der Waals surface area contributed by atoms with Gasteiger partial charge in [-0.1, -0.05) is 12.1 Å². The quantitative estimate of drug-likeness (QED) is 0.216. The highest BCUT2D eigenvalue weighted by Crippen LogP contribution is 2.44. The van der Waals surface area contributed by atoms with Crippen molar-refractivity contribution < 1.29 is 37.7 Å². The molecule has 1 saturated heterocycles. The Kier molecular flexibility index (Phi) is 12.4. The Bertz CT molecular complexity index is 1440. The van der Waals surface area contributed by atoms with E-state index in [9.17, 15) is 14.0 Å². The highest BCUT2D eigenvalue weighted by Gasteiger charge is 2.40. The third kappa shape index (κ3) is 8.38. The summed E-state index contributed by atoms with van der Waals surface area (Å²) in [5, 5.41) is 0. The van der Waals surface area contributed by atoms with E-state index in [1.54, 1.807) is 31.4 Å². The van der Waals surface area contributed by atoms with E-state index in [0.29, 0.717) is 71.3 Å². The first-order chi connectivity index (χ1) is 22.2. The average Bonchev–Trinajstić information content (AvgIpc) is 3.06. The maximum atomic E-state index is 14.0. The smallest absolute Gasteiger partial charge is 0.336 e. The Morgan fingerprint density at radius 3 is 2.15 bits per heavy atom. The Hall–Kier alpha value is -4.09. The van der Waals surface area contributed by atoms with Crippen molar-refractivity contribution in [2.24, 2.45) is 0 Å². The SMILES string of the molecule is COC(=O)C1=C(C)N(CCCOc2cccc(F)c2)C(C)=C(C(=O)OCCCN2CCN(C)CC2)C1c1ccc(OC)c(OC)c1. The van der Waals surface area contributed by atoms with Crippen molar-refractivity contribution in [3.05, 3.63) is 76.4 Å². The summed E-state index contributed by atoms with van der Waals surface area (Å²) < 4.78 is 41.6. The number of carbonyl (C=O) groups excluding carboxylic acids is 2. The normalized spacial score (nSPS) is 17.6. The molecule has 46 heavy (non-hydrogen) atoms. The van der Waals surface area contributed by atoms with Crippen molar-refractivity contribution in [2.45, 2.75) is 32.6 Å². The Morgan fingerprint density at radius 1 is 0.826 bits per heavy atom. The maximum Gasteiger partial charge on any atom is 0.336 e. The third-order valence-corrected chi connectivity index (χ3v) is 8.57. The van der Waals surface area contributed by atoms with E-state index in [2.05, 4.69) is 16.8 Å². The number of rotatable bonds is 14. The van der Waals surface area contributed by atoms with Crippen LogP contribution in [0.15, 0.2) is 65.0 Å². The van der Waals surface area contributed by atoms with Crippen LogP contribution >= 0.6 is 0 Å². The predicted octanol–water partition coefficient (Wildman–Crippen LogP) is 4.61. The number of methoxy groups -OCH3 is 3. The van der Waals surface area contributed by atoms with Crippen molar-refractivity contribution in [1.82, 2.24) is 14.7 Å². The van der Waals surface area contributed by atoms with Crippen molar-refractivity contribution >= 4 is 11.9 Å². The van der Waals surface area contributed by atoms with Gasteiger partial charge in [-0.25, -0.2) is 14.0 Å². The summed E-state index contributed by atoms with van der Waals surface area (Å²) >= 11 is 0. The molecule has 2 heterocycles. The molecular formula is C35H46FN3O7. The molecule has 2 aliphatic heterocycles. The van der Waals surface area contributed by atoms with Crippen LogP contribution in [0.25, 0.3) is 0 Å². The van der Waals surface area contributed by atoms with Crippen LogP contribution in [0.1, 0.15) is 38.2 Å². The number of likely N-dealkylation sites (N-methyl/N-ethyl adjacent to an activating group) is 1. The molecule has 0 amide bonds. The molecule has 10 nitrogen and oxygen atoms in total. The van der Waals surface area contributed by atoms with E-state index in [-0.39, 0.29) is 12.4 Å². The number of allylic oxidation sites excluding steroid dienone is 2. The monoisotopic (exact) mass is 639 g/mol. The van der Waals surface area contributed by atoms with Crippen molar-refractivity contribution in [3.63, 3.8) is 0 Å². The van der Waals surface area contributed by atoms with Crippen LogP contribution < -0.4 is 14.2 Å². The fourth-order valence-electron chi connectivity index (χ4n) is 6.02. The number of ether oxygens (including phenoxy) is 5. The van der Waals surface area contributed by atoms with Gasteiger partial charge in [-0.2, -0.15) is 0 Å². The van der Waals surface area contributed by atoms with E-state index >= 15 is 0 Å². The maximum absolute atomic E-state index is 14.0. The van der Waals surface area contributed by atoms with Gasteiger partial charge in [0.05, 0.1) is 51.6 Å². The number of carbonyl (C=O) groups is 2. The molecule has 0 bridgehead atoms. The summed E-state index contributed by atoms with van der Waals surface area (Å²) in [5.74, 6) is -0.759. The summed E-state index contributed by atoms with van der Waals surface area (Å²) in [7, 11) is 6.53. The minimum absolute atomic E-state index is 0.248. The van der Waals surface area contributed by atoms with E-state index in [1.165, 1.54) is 26.4 Å². The molecule has 0 spiro atoms. The molecule has 4 rings (SSSR count). The summed E-state index contributed by atoms with van der Waals surface area (Å²) in [5.41, 5.74) is 2.66. The summed E-state index contributed by atoms with van der Waals surface area (Å²) in [4.78, 5) is 34.1. The first-order valence-electron chi connectivity index (χ1n) is 15.6. The van der Waals surface area contributed by atoms with Crippen LogP contribution in [0.2, 0.25) is 0 Å². The number of piperazine rings is 1. The van der Waals surface area contributed by atoms with Gasteiger partial charge >= 0.3 is 11.9 Å². The van der Waals surface area contributed by atoms with Gasteiger partial charge in [-0.05, 0) is 63.6 Å². The molecule has 2 aliphatic rings. The average molecular weight is 640 g/mol. The largest absolute Gasteiger partial charge is 0.493 e. The zero-order valence-electron chi connectivity index (χ0n) is 27.8. The zero-order valence-corrected chi connectivity index (χ0v) is 27.8.